The Balaban J connectivity index is 1.41. The van der Waals surface area contributed by atoms with Gasteiger partial charge in [0.1, 0.15) is 18.1 Å². The summed E-state index contributed by atoms with van der Waals surface area (Å²) in [5.74, 6) is 0.792. The van der Waals surface area contributed by atoms with E-state index in [0.29, 0.717) is 25.4 Å². The third kappa shape index (κ3) is 6.34. The highest BCUT2D eigenvalue weighted by molar-refractivity contribution is 5.82. The summed E-state index contributed by atoms with van der Waals surface area (Å²) in [6.07, 6.45) is 5.58. The van der Waals surface area contributed by atoms with Crippen LogP contribution in [0.15, 0.2) is 48.5 Å². The number of ether oxygens (including phenoxy) is 2. The molecule has 0 aromatic heterocycles. The largest absolute Gasteiger partial charge is 0.491 e. The Kier molecular flexibility index (Phi) is 8.29. The number of carbonyl (C=O) groups excluding carboxylic acids is 1. The molecule has 7 heteroatoms. The topological polar surface area (TPSA) is 79.3 Å². The van der Waals surface area contributed by atoms with Gasteiger partial charge in [0.15, 0.2) is 6.61 Å². The van der Waals surface area contributed by atoms with Crippen molar-refractivity contribution in [3.8, 4) is 11.5 Å². The van der Waals surface area contributed by atoms with Gasteiger partial charge in [-0.2, -0.15) is 0 Å². The SMILES string of the molecule is CN1CCOc2ccccc2CCCCC2(CCN(Cc3ccccc3OCC(=O)O)CC2)C1=O. The lowest BCUT2D eigenvalue weighted by atomic mass is 9.73. The summed E-state index contributed by atoms with van der Waals surface area (Å²) in [4.78, 5) is 28.8. The lowest BCUT2D eigenvalue weighted by Gasteiger charge is -2.43. The number of rotatable bonds is 5. The van der Waals surface area contributed by atoms with Gasteiger partial charge >= 0.3 is 5.97 Å². The predicted octanol–water partition coefficient (Wildman–Crippen LogP) is 4.00. The van der Waals surface area contributed by atoms with Crippen molar-refractivity contribution in [3.63, 3.8) is 0 Å². The van der Waals surface area contributed by atoms with Crippen LogP contribution in [0.4, 0.5) is 0 Å². The third-order valence-electron chi connectivity index (χ3n) is 7.34. The zero-order valence-corrected chi connectivity index (χ0v) is 20.6. The van der Waals surface area contributed by atoms with Crippen LogP contribution in [0.2, 0.25) is 0 Å². The molecule has 0 aliphatic carbocycles. The van der Waals surface area contributed by atoms with Crippen LogP contribution in [0.5, 0.6) is 11.5 Å². The summed E-state index contributed by atoms with van der Waals surface area (Å²) in [5, 5.41) is 8.96. The van der Waals surface area contributed by atoms with Crippen LogP contribution < -0.4 is 9.47 Å². The molecule has 188 valence electrons. The number of nitrogens with zero attached hydrogens (tertiary/aromatic N) is 2. The fourth-order valence-electron chi connectivity index (χ4n) is 5.29. The third-order valence-corrected chi connectivity index (χ3v) is 7.34. The second kappa shape index (κ2) is 11.6. The highest BCUT2D eigenvalue weighted by atomic mass is 16.5. The number of carbonyl (C=O) groups is 2. The fraction of sp³-hybridized carbons (Fsp3) is 0.500. The number of fused-ring (bicyclic) bond motifs is 1. The van der Waals surface area contributed by atoms with Gasteiger partial charge in [-0.25, -0.2) is 4.79 Å². The second-order valence-electron chi connectivity index (χ2n) is 9.74. The molecule has 0 unspecified atom stereocenters. The van der Waals surface area contributed by atoms with Crippen molar-refractivity contribution in [2.75, 3.05) is 39.9 Å². The highest BCUT2D eigenvalue weighted by Crippen LogP contribution is 2.39. The highest BCUT2D eigenvalue weighted by Gasteiger charge is 2.42. The number of carboxylic acid groups (broad SMARTS) is 1. The molecule has 1 saturated heterocycles. The van der Waals surface area contributed by atoms with E-state index in [-0.39, 0.29) is 17.9 Å². The van der Waals surface area contributed by atoms with Gasteiger partial charge in [-0.3, -0.25) is 9.69 Å². The molecule has 1 amide bonds. The van der Waals surface area contributed by atoms with Gasteiger partial charge in [0.2, 0.25) is 5.91 Å². The van der Waals surface area contributed by atoms with Crippen LogP contribution in [-0.4, -0.2) is 66.7 Å². The molecule has 0 saturated carbocycles. The number of hydrogen-bond acceptors (Lipinski definition) is 5. The Morgan fingerprint density at radius 3 is 2.57 bits per heavy atom. The zero-order chi connectivity index (χ0) is 24.7. The molecule has 2 aromatic rings. The van der Waals surface area contributed by atoms with Crippen molar-refractivity contribution in [2.24, 2.45) is 5.41 Å². The van der Waals surface area contributed by atoms with E-state index in [1.807, 2.05) is 48.3 Å². The summed E-state index contributed by atoms with van der Waals surface area (Å²) in [6.45, 7) is 3.05. The summed E-state index contributed by atoms with van der Waals surface area (Å²) < 4.78 is 11.5. The number of carboxylic acids is 1. The lowest BCUT2D eigenvalue weighted by molar-refractivity contribution is -0.145. The average molecular weight is 481 g/mol. The first kappa shape index (κ1) is 25.0. The van der Waals surface area contributed by atoms with Gasteiger partial charge in [0.25, 0.3) is 0 Å². The van der Waals surface area contributed by atoms with Gasteiger partial charge < -0.3 is 19.5 Å². The van der Waals surface area contributed by atoms with Crippen molar-refractivity contribution >= 4 is 11.9 Å². The van der Waals surface area contributed by atoms with E-state index in [0.717, 1.165) is 62.9 Å². The minimum Gasteiger partial charge on any atom is -0.491 e. The quantitative estimate of drug-likeness (QED) is 0.697. The van der Waals surface area contributed by atoms with Crippen LogP contribution in [0.3, 0.4) is 0 Å². The standard InChI is InChI=1S/C28H36N2O5/c1-29-18-19-34-24-11-4-2-8-22(24)9-6-7-13-28(27(29)33)14-16-30(17-15-28)20-23-10-3-5-12-25(23)35-21-26(31)32/h2-5,8,10-12H,6-7,9,13-21H2,1H3,(H,31,32). The molecular formula is C28H36N2O5. The fourth-order valence-corrected chi connectivity index (χ4v) is 5.29. The normalized spacial score (nSPS) is 19.2. The number of benzene rings is 2. The van der Waals surface area contributed by atoms with Gasteiger partial charge in [0.05, 0.1) is 12.0 Å². The molecule has 0 atom stereocenters. The Bertz CT molecular complexity index is 1020. The van der Waals surface area contributed by atoms with Gasteiger partial charge in [-0.1, -0.05) is 42.8 Å². The summed E-state index contributed by atoms with van der Waals surface area (Å²) in [7, 11) is 1.90. The second-order valence-corrected chi connectivity index (χ2v) is 9.74. The van der Waals surface area contributed by atoms with E-state index < -0.39 is 5.97 Å². The molecule has 4 rings (SSSR count). The average Bonchev–Trinajstić information content (AvgIpc) is 2.87. The predicted molar refractivity (Wildman–Crippen MR) is 134 cm³/mol. The van der Waals surface area contributed by atoms with Crippen LogP contribution in [0.25, 0.3) is 0 Å². The number of aliphatic carboxylic acids is 1. The number of aryl methyl sites for hydroxylation is 1. The molecule has 7 nitrogen and oxygen atoms in total. The molecule has 2 aliphatic rings. The van der Waals surface area contributed by atoms with Crippen molar-refractivity contribution in [1.82, 2.24) is 9.80 Å². The van der Waals surface area contributed by atoms with Gasteiger partial charge in [-0.05, 0) is 62.9 Å². The van der Waals surface area contributed by atoms with Gasteiger partial charge in [-0.15, -0.1) is 0 Å². The molecule has 35 heavy (non-hydrogen) atoms. The number of likely N-dealkylation sites (tertiary alicyclic amines) is 1. The number of likely N-dealkylation sites (N-methyl/N-ethyl adjacent to an activating group) is 1. The Morgan fingerprint density at radius 2 is 1.77 bits per heavy atom. The monoisotopic (exact) mass is 480 g/mol. The summed E-state index contributed by atoms with van der Waals surface area (Å²) in [6, 6.07) is 15.8. The molecule has 0 radical (unpaired) electrons. The molecule has 2 aromatic carbocycles. The molecule has 1 N–H and O–H groups in total. The number of piperidine rings is 1. The number of amides is 1. The van der Waals surface area contributed by atoms with Crippen molar-refractivity contribution < 1.29 is 24.2 Å². The number of para-hydroxylation sites is 2. The first-order chi connectivity index (χ1) is 17.0. The minimum atomic E-state index is -0.987. The zero-order valence-electron chi connectivity index (χ0n) is 20.6. The van der Waals surface area contributed by atoms with Crippen molar-refractivity contribution in [1.29, 1.82) is 0 Å². The van der Waals surface area contributed by atoms with Crippen molar-refractivity contribution in [2.45, 2.75) is 45.1 Å². The lowest BCUT2D eigenvalue weighted by Crippen LogP contribution is -2.50. The summed E-state index contributed by atoms with van der Waals surface area (Å²) in [5.41, 5.74) is 1.89. The maximum Gasteiger partial charge on any atom is 0.341 e. The van der Waals surface area contributed by atoms with E-state index in [9.17, 15) is 9.59 Å². The Hall–Kier alpha value is -3.06. The minimum absolute atomic E-state index is 0.236. The molecule has 2 heterocycles. The molecule has 1 spiro atoms. The van der Waals surface area contributed by atoms with E-state index in [2.05, 4.69) is 17.0 Å². The maximum atomic E-state index is 13.6. The molecular weight excluding hydrogens is 444 g/mol. The van der Waals surface area contributed by atoms with E-state index in [1.165, 1.54) is 5.56 Å². The summed E-state index contributed by atoms with van der Waals surface area (Å²) >= 11 is 0. The maximum absolute atomic E-state index is 13.6. The molecule has 0 bridgehead atoms. The molecule has 1 fully saturated rings. The van der Waals surface area contributed by atoms with Crippen LogP contribution in [0, 0.1) is 5.41 Å². The van der Waals surface area contributed by atoms with E-state index in [4.69, 9.17) is 14.6 Å². The Labute approximate surface area is 207 Å². The smallest absolute Gasteiger partial charge is 0.341 e. The Morgan fingerprint density at radius 1 is 1.03 bits per heavy atom. The first-order valence-electron chi connectivity index (χ1n) is 12.6. The first-order valence-corrected chi connectivity index (χ1v) is 12.6. The van der Waals surface area contributed by atoms with Gasteiger partial charge in [0, 0.05) is 19.2 Å². The molecule has 2 aliphatic heterocycles. The van der Waals surface area contributed by atoms with Crippen LogP contribution >= 0.6 is 0 Å². The van der Waals surface area contributed by atoms with E-state index in [1.54, 1.807) is 0 Å². The number of hydrogen-bond donors (Lipinski definition) is 1. The van der Waals surface area contributed by atoms with Crippen molar-refractivity contribution in [3.05, 3.63) is 59.7 Å². The van der Waals surface area contributed by atoms with E-state index >= 15 is 0 Å². The van der Waals surface area contributed by atoms with Crippen LogP contribution in [0.1, 0.15) is 43.2 Å². The van der Waals surface area contributed by atoms with Crippen LogP contribution in [-0.2, 0) is 22.6 Å².